The number of H-pyrrole nitrogens is 1. The van der Waals surface area contributed by atoms with Crippen LogP contribution in [0.15, 0.2) is 36.4 Å². The van der Waals surface area contributed by atoms with Crippen LogP contribution in [0, 0.1) is 18.3 Å². The molecule has 5 nitrogen and oxygen atoms in total. The molecule has 2 aromatic carbocycles. The number of hydrogen-bond acceptors (Lipinski definition) is 4. The summed E-state index contributed by atoms with van der Waals surface area (Å²) in [6, 6.07) is 13.2. The van der Waals surface area contributed by atoms with E-state index in [4.69, 9.17) is 9.72 Å². The van der Waals surface area contributed by atoms with Crippen molar-refractivity contribution in [3.8, 4) is 5.75 Å². The molecule has 2 bridgehead atoms. The Hall–Kier alpha value is -2.66. The molecule has 0 spiro atoms. The first-order chi connectivity index (χ1) is 18.3. The Morgan fingerprint density at radius 3 is 2.71 bits per heavy atom. The van der Waals surface area contributed by atoms with Crippen molar-refractivity contribution < 1.29 is 9.53 Å². The van der Waals surface area contributed by atoms with E-state index in [0.29, 0.717) is 17.6 Å². The molecule has 38 heavy (non-hydrogen) atoms. The average Bonchev–Trinajstić information content (AvgIpc) is 3.15. The van der Waals surface area contributed by atoms with E-state index in [1.807, 2.05) is 6.07 Å². The summed E-state index contributed by atoms with van der Waals surface area (Å²) in [5, 5.41) is 0. The number of carbonyl (C=O) groups excluding carboxylic acids is 1. The number of ketones is 1. The smallest absolute Gasteiger partial charge is 0.144 e. The van der Waals surface area contributed by atoms with E-state index in [1.165, 1.54) is 36.8 Å². The molecule has 0 unspecified atom stereocenters. The fourth-order valence-corrected chi connectivity index (χ4v) is 7.25. The number of imidazole rings is 1. The quantitative estimate of drug-likeness (QED) is 0.294. The van der Waals surface area contributed by atoms with Crippen molar-refractivity contribution in [2.75, 3.05) is 27.2 Å². The fraction of sp³-hybridized carbons (Fsp3) is 0.576. The van der Waals surface area contributed by atoms with E-state index in [0.717, 1.165) is 61.4 Å². The van der Waals surface area contributed by atoms with Crippen LogP contribution in [0.2, 0.25) is 0 Å². The van der Waals surface area contributed by atoms with E-state index in [2.05, 4.69) is 68.0 Å². The van der Waals surface area contributed by atoms with E-state index in [-0.39, 0.29) is 11.3 Å². The first-order valence-corrected chi connectivity index (χ1v) is 14.6. The van der Waals surface area contributed by atoms with Gasteiger partial charge in [0.1, 0.15) is 22.9 Å². The Morgan fingerprint density at radius 2 is 1.95 bits per heavy atom. The third kappa shape index (κ3) is 5.27. The number of aryl methyl sites for hydroxylation is 2. The molecule has 1 N–H and O–H groups in total. The molecule has 3 aliphatic carbocycles. The third-order valence-electron chi connectivity index (χ3n) is 9.44. The molecule has 204 valence electrons. The number of aromatic amines is 1. The molecule has 3 atom stereocenters. The van der Waals surface area contributed by atoms with Gasteiger partial charge < -0.3 is 14.6 Å². The van der Waals surface area contributed by atoms with Crippen molar-refractivity contribution in [2.24, 2.45) is 11.3 Å². The largest absolute Gasteiger partial charge is 0.494 e. The van der Waals surface area contributed by atoms with Crippen molar-refractivity contribution in [3.05, 3.63) is 58.9 Å². The van der Waals surface area contributed by atoms with Crippen LogP contribution < -0.4 is 4.74 Å². The minimum Gasteiger partial charge on any atom is -0.494 e. The number of fused-ring (bicyclic) bond motifs is 4. The third-order valence-corrected chi connectivity index (χ3v) is 9.44. The number of nitrogens with zero attached hydrogens (tertiary/aromatic N) is 2. The lowest BCUT2D eigenvalue weighted by atomic mass is 9.57. The first-order valence-electron chi connectivity index (χ1n) is 14.6. The van der Waals surface area contributed by atoms with E-state index < -0.39 is 0 Å². The Morgan fingerprint density at radius 1 is 1.16 bits per heavy atom. The van der Waals surface area contributed by atoms with Crippen LogP contribution in [0.4, 0.5) is 0 Å². The van der Waals surface area contributed by atoms with Crippen molar-refractivity contribution in [3.63, 3.8) is 0 Å². The second kappa shape index (κ2) is 11.2. The van der Waals surface area contributed by atoms with Crippen LogP contribution in [-0.2, 0) is 11.2 Å². The van der Waals surface area contributed by atoms with Crippen LogP contribution in [0.1, 0.15) is 93.1 Å². The lowest BCUT2D eigenvalue weighted by Gasteiger charge is -2.47. The Kier molecular flexibility index (Phi) is 7.95. The Balaban J connectivity index is 1.26. The number of nitrogens with one attached hydrogen (secondary N) is 1. The van der Waals surface area contributed by atoms with Crippen LogP contribution in [0.5, 0.6) is 5.75 Å². The van der Waals surface area contributed by atoms with Gasteiger partial charge in [0.05, 0.1) is 12.6 Å². The highest BCUT2D eigenvalue weighted by Crippen LogP contribution is 2.59. The number of methoxy groups -OCH3 is 1. The van der Waals surface area contributed by atoms with Gasteiger partial charge in [0.25, 0.3) is 0 Å². The van der Waals surface area contributed by atoms with Crippen LogP contribution >= 0.6 is 0 Å². The lowest BCUT2D eigenvalue weighted by molar-refractivity contribution is -0.125. The molecule has 6 rings (SSSR count). The predicted octanol–water partition coefficient (Wildman–Crippen LogP) is 7.19. The molecule has 3 aliphatic rings. The molecule has 1 heterocycles. The van der Waals surface area contributed by atoms with Crippen molar-refractivity contribution in [2.45, 2.75) is 84.0 Å². The van der Waals surface area contributed by atoms with Gasteiger partial charge in [-0.25, -0.2) is 4.98 Å². The van der Waals surface area contributed by atoms with Gasteiger partial charge in [-0.05, 0) is 99.2 Å². The summed E-state index contributed by atoms with van der Waals surface area (Å²) in [6.45, 7) is 8.29. The molecular weight excluding hydrogens is 470 g/mol. The maximum atomic E-state index is 13.2. The van der Waals surface area contributed by atoms with Crippen LogP contribution in [0.3, 0.4) is 0 Å². The Bertz CT molecular complexity index is 1280. The highest BCUT2D eigenvalue weighted by Gasteiger charge is 2.48. The van der Waals surface area contributed by atoms with Gasteiger partial charge in [-0.1, -0.05) is 50.6 Å². The highest BCUT2D eigenvalue weighted by molar-refractivity contribution is 5.84. The maximum absolute atomic E-state index is 13.2. The SMILES string of the molecule is COc1ccc(C)c2nc(CCCN(C)CC[C@]3(CC(=O)C(C)C)C[C@H]4CCC[C@@H]3c3ccccc34)[nH]c12. The zero-order valence-electron chi connectivity index (χ0n) is 24.0. The van der Waals surface area contributed by atoms with E-state index >= 15 is 0 Å². The number of Topliss-reactive ketones (excluding diaryl/α,β-unsaturated/α-hetero) is 1. The number of hydrogen-bond donors (Lipinski definition) is 1. The number of ether oxygens (including phenoxy) is 1. The molecule has 1 fully saturated rings. The fourth-order valence-electron chi connectivity index (χ4n) is 7.25. The predicted molar refractivity (Wildman–Crippen MR) is 155 cm³/mol. The van der Waals surface area contributed by atoms with E-state index in [1.54, 1.807) is 12.7 Å². The topological polar surface area (TPSA) is 58.2 Å². The molecule has 0 amide bonds. The van der Waals surface area contributed by atoms with Gasteiger partial charge in [0, 0.05) is 18.8 Å². The molecule has 0 radical (unpaired) electrons. The van der Waals surface area contributed by atoms with Gasteiger partial charge in [-0.3, -0.25) is 4.79 Å². The summed E-state index contributed by atoms with van der Waals surface area (Å²) in [5.74, 6) is 3.52. The van der Waals surface area contributed by atoms with E-state index in [9.17, 15) is 4.79 Å². The van der Waals surface area contributed by atoms with Gasteiger partial charge in [-0.2, -0.15) is 0 Å². The number of benzene rings is 2. The second-order valence-electron chi connectivity index (χ2n) is 12.3. The number of carbonyl (C=O) groups is 1. The number of aromatic nitrogens is 2. The summed E-state index contributed by atoms with van der Waals surface area (Å²) in [7, 11) is 3.95. The zero-order valence-corrected chi connectivity index (χ0v) is 24.0. The van der Waals surface area contributed by atoms with Crippen molar-refractivity contribution in [1.29, 1.82) is 0 Å². The number of rotatable bonds is 11. The highest BCUT2D eigenvalue weighted by atomic mass is 16.5. The van der Waals surface area contributed by atoms with Gasteiger partial charge in [0.2, 0.25) is 0 Å². The van der Waals surface area contributed by atoms with Crippen LogP contribution in [-0.4, -0.2) is 47.9 Å². The molecule has 0 aliphatic heterocycles. The van der Waals surface area contributed by atoms with Crippen molar-refractivity contribution >= 4 is 16.8 Å². The van der Waals surface area contributed by atoms with Crippen molar-refractivity contribution in [1.82, 2.24) is 14.9 Å². The molecule has 3 aromatic rings. The molecule has 1 aromatic heterocycles. The molecule has 1 saturated carbocycles. The summed E-state index contributed by atoms with van der Waals surface area (Å²) in [6.07, 6.45) is 8.72. The summed E-state index contributed by atoms with van der Waals surface area (Å²) in [4.78, 5) is 24.0. The normalized spacial score (nSPS) is 22.7. The summed E-state index contributed by atoms with van der Waals surface area (Å²) >= 11 is 0. The van der Waals surface area contributed by atoms with Gasteiger partial charge in [0.15, 0.2) is 0 Å². The minimum absolute atomic E-state index is 0.0813. The standard InChI is InChI=1S/C33H45N3O2/c1-22(2)28(37)21-33(20-24-10-8-13-27(33)26-12-7-6-11-25(24)26)17-19-36(4)18-9-14-30-34-31-23(3)15-16-29(38-5)32(31)35-30/h6-7,11-12,15-16,22,24,27H,8-10,13-14,17-21H2,1-5H3,(H,34,35)/t24-,27-,33-/m1/s1. The van der Waals surface area contributed by atoms with Crippen LogP contribution in [0.25, 0.3) is 11.0 Å². The average molecular weight is 516 g/mol. The molecular formula is C33H45N3O2. The van der Waals surface area contributed by atoms with Gasteiger partial charge in [-0.15, -0.1) is 0 Å². The van der Waals surface area contributed by atoms with Gasteiger partial charge >= 0.3 is 0 Å². The Labute approximate surface area is 228 Å². The summed E-state index contributed by atoms with van der Waals surface area (Å²) < 4.78 is 5.53. The lowest BCUT2D eigenvalue weighted by Crippen LogP contribution is -2.39. The second-order valence-corrected chi connectivity index (χ2v) is 12.3. The first kappa shape index (κ1) is 26.9. The molecule has 5 heteroatoms. The summed E-state index contributed by atoms with van der Waals surface area (Å²) in [5.41, 5.74) is 6.35. The maximum Gasteiger partial charge on any atom is 0.144 e. The molecule has 0 saturated heterocycles. The monoisotopic (exact) mass is 515 g/mol. The zero-order chi connectivity index (χ0) is 26.9. The minimum atomic E-state index is 0.0813.